The number of benzene rings is 1. The molecule has 0 aliphatic rings. The standard InChI is InChI=1S/C20H27N3O2/c1-14(2)17-6-4-16(5-7-17)12-15(3)23-20(25)22-13-19(24)18-8-10-21-11-9-18/h4-11,14-15,19,24H,12-13H2,1-3H3,(H2,22,23,25). The maximum absolute atomic E-state index is 12.0. The van der Waals surface area contributed by atoms with Gasteiger partial charge in [-0.25, -0.2) is 4.79 Å². The van der Waals surface area contributed by atoms with E-state index >= 15 is 0 Å². The van der Waals surface area contributed by atoms with Crippen molar-refractivity contribution in [3.8, 4) is 0 Å². The highest BCUT2D eigenvalue weighted by Gasteiger charge is 2.11. The van der Waals surface area contributed by atoms with Crippen molar-refractivity contribution in [1.29, 1.82) is 0 Å². The van der Waals surface area contributed by atoms with Crippen molar-refractivity contribution in [2.45, 2.75) is 45.3 Å². The van der Waals surface area contributed by atoms with E-state index in [0.29, 0.717) is 5.92 Å². The summed E-state index contributed by atoms with van der Waals surface area (Å²) in [7, 11) is 0. The van der Waals surface area contributed by atoms with Gasteiger partial charge in [-0.1, -0.05) is 38.1 Å². The Balaban J connectivity index is 1.76. The summed E-state index contributed by atoms with van der Waals surface area (Å²) < 4.78 is 0. The van der Waals surface area contributed by atoms with E-state index in [9.17, 15) is 9.90 Å². The second kappa shape index (κ2) is 9.18. The lowest BCUT2D eigenvalue weighted by Crippen LogP contribution is -2.43. The molecule has 0 bridgehead atoms. The molecule has 2 amide bonds. The topological polar surface area (TPSA) is 74.2 Å². The molecule has 3 N–H and O–H groups in total. The van der Waals surface area contributed by atoms with Crippen LogP contribution in [0.4, 0.5) is 4.79 Å². The van der Waals surface area contributed by atoms with Gasteiger partial charge in [-0.05, 0) is 48.1 Å². The first-order valence-electron chi connectivity index (χ1n) is 8.67. The van der Waals surface area contributed by atoms with Crippen LogP contribution in [0.25, 0.3) is 0 Å². The van der Waals surface area contributed by atoms with E-state index in [0.717, 1.165) is 12.0 Å². The van der Waals surface area contributed by atoms with Crippen LogP contribution in [0.15, 0.2) is 48.8 Å². The number of carbonyl (C=O) groups is 1. The molecular weight excluding hydrogens is 314 g/mol. The lowest BCUT2D eigenvalue weighted by molar-refractivity contribution is 0.172. The summed E-state index contributed by atoms with van der Waals surface area (Å²) in [4.78, 5) is 15.9. The van der Waals surface area contributed by atoms with Gasteiger partial charge in [0.1, 0.15) is 0 Å². The van der Waals surface area contributed by atoms with E-state index in [2.05, 4.69) is 53.7 Å². The number of aliphatic hydroxyl groups excluding tert-OH is 1. The predicted molar refractivity (Wildman–Crippen MR) is 99.4 cm³/mol. The monoisotopic (exact) mass is 341 g/mol. The first kappa shape index (κ1) is 18.9. The third kappa shape index (κ3) is 6.19. The Morgan fingerprint density at radius 3 is 2.28 bits per heavy atom. The Kier molecular flexibility index (Phi) is 6.95. The number of rotatable bonds is 7. The molecular formula is C20H27N3O2. The molecule has 0 fully saturated rings. The molecule has 2 rings (SSSR count). The van der Waals surface area contributed by atoms with Gasteiger partial charge >= 0.3 is 6.03 Å². The number of carbonyl (C=O) groups excluding carboxylic acids is 1. The van der Waals surface area contributed by atoms with Crippen molar-refractivity contribution in [1.82, 2.24) is 15.6 Å². The van der Waals surface area contributed by atoms with E-state index in [-0.39, 0.29) is 18.6 Å². The van der Waals surface area contributed by atoms with Crippen molar-refractivity contribution >= 4 is 6.03 Å². The number of nitrogens with zero attached hydrogens (tertiary/aromatic N) is 1. The molecule has 0 saturated heterocycles. The van der Waals surface area contributed by atoms with Crippen LogP contribution in [-0.2, 0) is 6.42 Å². The molecule has 5 nitrogen and oxygen atoms in total. The molecule has 2 aromatic rings. The van der Waals surface area contributed by atoms with E-state index in [1.807, 2.05) is 6.92 Å². The summed E-state index contributed by atoms with van der Waals surface area (Å²) in [6.45, 7) is 6.47. The Bertz CT molecular complexity index is 656. The minimum absolute atomic E-state index is 0.00275. The number of aliphatic hydroxyl groups is 1. The largest absolute Gasteiger partial charge is 0.387 e. The van der Waals surface area contributed by atoms with E-state index < -0.39 is 6.10 Å². The Morgan fingerprint density at radius 1 is 1.04 bits per heavy atom. The molecule has 1 aromatic carbocycles. The normalized spacial score (nSPS) is 13.3. The van der Waals surface area contributed by atoms with Gasteiger partial charge in [0.2, 0.25) is 0 Å². The molecule has 2 atom stereocenters. The maximum atomic E-state index is 12.0. The number of amides is 2. The number of pyridine rings is 1. The summed E-state index contributed by atoms with van der Waals surface area (Å²) in [6.07, 6.45) is 3.25. The van der Waals surface area contributed by atoms with Crippen molar-refractivity contribution in [3.63, 3.8) is 0 Å². The number of nitrogens with one attached hydrogen (secondary N) is 2. The van der Waals surface area contributed by atoms with Gasteiger partial charge in [-0.2, -0.15) is 0 Å². The minimum atomic E-state index is -0.743. The molecule has 134 valence electrons. The van der Waals surface area contributed by atoms with Crippen LogP contribution >= 0.6 is 0 Å². The van der Waals surface area contributed by atoms with Gasteiger partial charge in [-0.3, -0.25) is 4.98 Å². The minimum Gasteiger partial charge on any atom is -0.387 e. The van der Waals surface area contributed by atoms with Crippen LogP contribution in [0.5, 0.6) is 0 Å². The van der Waals surface area contributed by atoms with Crippen LogP contribution < -0.4 is 10.6 Å². The molecule has 2 unspecified atom stereocenters. The fourth-order valence-electron chi connectivity index (χ4n) is 2.61. The van der Waals surface area contributed by atoms with E-state index in [1.165, 1.54) is 11.1 Å². The Morgan fingerprint density at radius 2 is 1.68 bits per heavy atom. The van der Waals surface area contributed by atoms with E-state index in [4.69, 9.17) is 0 Å². The summed E-state index contributed by atoms with van der Waals surface area (Å²) in [5.41, 5.74) is 3.23. The summed E-state index contributed by atoms with van der Waals surface area (Å²) in [5, 5.41) is 15.6. The quantitative estimate of drug-likeness (QED) is 0.724. The van der Waals surface area contributed by atoms with Gasteiger partial charge in [-0.15, -0.1) is 0 Å². The molecule has 5 heteroatoms. The molecule has 1 heterocycles. The number of hydrogen-bond acceptors (Lipinski definition) is 3. The lowest BCUT2D eigenvalue weighted by Gasteiger charge is -2.17. The number of hydrogen-bond donors (Lipinski definition) is 3. The zero-order chi connectivity index (χ0) is 18.2. The second-order valence-corrected chi connectivity index (χ2v) is 6.65. The maximum Gasteiger partial charge on any atom is 0.315 e. The second-order valence-electron chi connectivity index (χ2n) is 6.65. The van der Waals surface area contributed by atoms with Crippen molar-refractivity contribution < 1.29 is 9.90 Å². The molecule has 0 saturated carbocycles. The van der Waals surface area contributed by atoms with Crippen molar-refractivity contribution in [2.75, 3.05) is 6.54 Å². The van der Waals surface area contributed by atoms with Gasteiger partial charge in [0, 0.05) is 25.0 Å². The van der Waals surface area contributed by atoms with Gasteiger partial charge in [0.25, 0.3) is 0 Å². The van der Waals surface area contributed by atoms with Crippen molar-refractivity contribution in [3.05, 3.63) is 65.5 Å². The molecule has 0 spiro atoms. The average Bonchev–Trinajstić information content (AvgIpc) is 2.60. The van der Waals surface area contributed by atoms with Crippen LogP contribution in [-0.4, -0.2) is 28.7 Å². The summed E-state index contributed by atoms with van der Waals surface area (Å²) in [5.74, 6) is 0.516. The fourth-order valence-corrected chi connectivity index (χ4v) is 2.61. The highest BCUT2D eigenvalue weighted by atomic mass is 16.3. The number of aromatic nitrogens is 1. The van der Waals surface area contributed by atoms with Crippen molar-refractivity contribution in [2.24, 2.45) is 0 Å². The smallest absolute Gasteiger partial charge is 0.315 e. The van der Waals surface area contributed by atoms with Gasteiger partial charge < -0.3 is 15.7 Å². The summed E-state index contributed by atoms with van der Waals surface area (Å²) >= 11 is 0. The zero-order valence-electron chi connectivity index (χ0n) is 15.1. The third-order valence-electron chi connectivity index (χ3n) is 4.11. The number of urea groups is 1. The molecule has 25 heavy (non-hydrogen) atoms. The lowest BCUT2D eigenvalue weighted by atomic mass is 9.99. The third-order valence-corrected chi connectivity index (χ3v) is 4.11. The highest BCUT2D eigenvalue weighted by molar-refractivity contribution is 5.74. The first-order valence-corrected chi connectivity index (χ1v) is 8.67. The highest BCUT2D eigenvalue weighted by Crippen LogP contribution is 2.15. The fraction of sp³-hybridized carbons (Fsp3) is 0.400. The zero-order valence-corrected chi connectivity index (χ0v) is 15.1. The Labute approximate surface area is 149 Å². The van der Waals surface area contributed by atoms with Crippen LogP contribution in [0, 0.1) is 0 Å². The molecule has 0 radical (unpaired) electrons. The van der Waals surface area contributed by atoms with E-state index in [1.54, 1.807) is 24.5 Å². The molecule has 1 aromatic heterocycles. The SMILES string of the molecule is CC(Cc1ccc(C(C)C)cc1)NC(=O)NCC(O)c1ccncc1. The predicted octanol–water partition coefficient (Wildman–Crippen LogP) is 3.17. The Hall–Kier alpha value is -2.40. The average molecular weight is 341 g/mol. The molecule has 0 aliphatic heterocycles. The summed E-state index contributed by atoms with van der Waals surface area (Å²) in [6, 6.07) is 11.7. The first-order chi connectivity index (χ1) is 12.0. The van der Waals surface area contributed by atoms with Gasteiger partial charge in [0.05, 0.1) is 6.10 Å². The van der Waals surface area contributed by atoms with Crippen LogP contribution in [0.1, 0.15) is 49.5 Å². The van der Waals surface area contributed by atoms with Crippen LogP contribution in [0.3, 0.4) is 0 Å². The van der Waals surface area contributed by atoms with Crippen LogP contribution in [0.2, 0.25) is 0 Å². The van der Waals surface area contributed by atoms with Gasteiger partial charge in [0.15, 0.2) is 0 Å². The molecule has 0 aliphatic carbocycles.